The fourth-order valence-corrected chi connectivity index (χ4v) is 2.28. The van der Waals surface area contributed by atoms with Crippen LogP contribution in [0.4, 0.5) is 4.39 Å². The summed E-state index contributed by atoms with van der Waals surface area (Å²) in [6.07, 6.45) is 1.29. The summed E-state index contributed by atoms with van der Waals surface area (Å²) in [6.45, 7) is 5.17. The standard InChI is InChI=1S/C14H19FN4O2/c1-2-16-13(20)10-18-5-7-19(8-6-18)14(21)11-3-4-17-12(15)9-11/h3-4,9H,2,5-8,10H2,1H3,(H,16,20). The Morgan fingerprint density at radius 2 is 2.05 bits per heavy atom. The van der Waals surface area contributed by atoms with Crippen molar-refractivity contribution in [3.05, 3.63) is 29.8 Å². The predicted octanol–water partition coefficient (Wildman–Crippen LogP) is 0.115. The first-order valence-electron chi connectivity index (χ1n) is 7.00. The van der Waals surface area contributed by atoms with Crippen LogP contribution >= 0.6 is 0 Å². The van der Waals surface area contributed by atoms with Crippen LogP contribution in [0.25, 0.3) is 0 Å². The highest BCUT2D eigenvalue weighted by molar-refractivity contribution is 5.94. The molecular weight excluding hydrogens is 275 g/mol. The fraction of sp³-hybridized carbons (Fsp3) is 0.500. The molecule has 1 saturated heterocycles. The van der Waals surface area contributed by atoms with Gasteiger partial charge in [-0.1, -0.05) is 0 Å². The maximum absolute atomic E-state index is 13.0. The Morgan fingerprint density at radius 3 is 2.67 bits per heavy atom. The van der Waals surface area contributed by atoms with Crippen LogP contribution in [0.15, 0.2) is 18.3 Å². The number of piperazine rings is 1. The van der Waals surface area contributed by atoms with E-state index in [1.54, 1.807) is 4.90 Å². The van der Waals surface area contributed by atoms with Gasteiger partial charge in [-0.3, -0.25) is 14.5 Å². The lowest BCUT2D eigenvalue weighted by molar-refractivity contribution is -0.122. The number of hydrogen-bond donors (Lipinski definition) is 1. The van der Waals surface area contributed by atoms with Crippen LogP contribution in [0.2, 0.25) is 0 Å². The molecule has 6 nitrogen and oxygen atoms in total. The summed E-state index contributed by atoms with van der Waals surface area (Å²) in [7, 11) is 0. The molecule has 1 aromatic rings. The van der Waals surface area contributed by atoms with Crippen molar-refractivity contribution in [3.8, 4) is 0 Å². The molecule has 2 amide bonds. The van der Waals surface area contributed by atoms with Crippen molar-refractivity contribution in [2.45, 2.75) is 6.92 Å². The highest BCUT2D eigenvalue weighted by atomic mass is 19.1. The first-order valence-corrected chi connectivity index (χ1v) is 7.00. The van der Waals surface area contributed by atoms with Crippen LogP contribution in [-0.2, 0) is 4.79 Å². The van der Waals surface area contributed by atoms with E-state index in [-0.39, 0.29) is 11.8 Å². The Balaban J connectivity index is 1.86. The number of rotatable bonds is 4. The summed E-state index contributed by atoms with van der Waals surface area (Å²) in [5.41, 5.74) is 0.305. The van der Waals surface area contributed by atoms with Crippen LogP contribution in [0, 0.1) is 5.95 Å². The molecule has 0 aromatic carbocycles. The second-order valence-corrected chi connectivity index (χ2v) is 4.89. The van der Waals surface area contributed by atoms with E-state index in [2.05, 4.69) is 10.3 Å². The minimum absolute atomic E-state index is 0.00604. The van der Waals surface area contributed by atoms with Gasteiger partial charge in [0.15, 0.2) is 0 Å². The molecule has 2 heterocycles. The highest BCUT2D eigenvalue weighted by Gasteiger charge is 2.23. The van der Waals surface area contributed by atoms with Crippen molar-refractivity contribution in [3.63, 3.8) is 0 Å². The van der Waals surface area contributed by atoms with Crippen LogP contribution in [-0.4, -0.2) is 65.9 Å². The van der Waals surface area contributed by atoms with Gasteiger partial charge < -0.3 is 10.2 Å². The van der Waals surface area contributed by atoms with Crippen molar-refractivity contribution in [1.82, 2.24) is 20.1 Å². The maximum atomic E-state index is 13.0. The minimum Gasteiger partial charge on any atom is -0.355 e. The largest absolute Gasteiger partial charge is 0.355 e. The van der Waals surface area contributed by atoms with Gasteiger partial charge in [-0.05, 0) is 13.0 Å². The topological polar surface area (TPSA) is 65.5 Å². The summed E-state index contributed by atoms with van der Waals surface area (Å²) < 4.78 is 13.0. The van der Waals surface area contributed by atoms with Crippen LogP contribution < -0.4 is 5.32 Å². The van der Waals surface area contributed by atoms with Gasteiger partial charge in [-0.2, -0.15) is 4.39 Å². The lowest BCUT2D eigenvalue weighted by Gasteiger charge is -2.34. The van der Waals surface area contributed by atoms with E-state index in [9.17, 15) is 14.0 Å². The molecule has 21 heavy (non-hydrogen) atoms. The zero-order valence-corrected chi connectivity index (χ0v) is 12.0. The van der Waals surface area contributed by atoms with Gasteiger partial charge in [0.1, 0.15) is 0 Å². The zero-order chi connectivity index (χ0) is 15.2. The Bertz CT molecular complexity index is 515. The normalized spacial score (nSPS) is 15.8. The number of pyridine rings is 1. The monoisotopic (exact) mass is 294 g/mol. The number of amides is 2. The molecule has 1 aromatic heterocycles. The van der Waals surface area contributed by atoms with Gasteiger partial charge in [0.05, 0.1) is 6.54 Å². The third kappa shape index (κ3) is 4.22. The number of hydrogen-bond acceptors (Lipinski definition) is 4. The highest BCUT2D eigenvalue weighted by Crippen LogP contribution is 2.09. The van der Waals surface area contributed by atoms with E-state index in [1.807, 2.05) is 11.8 Å². The van der Waals surface area contributed by atoms with Gasteiger partial charge in [-0.15, -0.1) is 0 Å². The van der Waals surface area contributed by atoms with Crippen molar-refractivity contribution in [1.29, 1.82) is 0 Å². The Labute approximate surface area is 122 Å². The van der Waals surface area contributed by atoms with Crippen molar-refractivity contribution >= 4 is 11.8 Å². The summed E-state index contributed by atoms with van der Waals surface area (Å²) in [5.74, 6) is -0.863. The van der Waals surface area contributed by atoms with E-state index >= 15 is 0 Å². The molecule has 1 fully saturated rings. The molecule has 114 valence electrons. The molecule has 1 aliphatic heterocycles. The molecule has 1 aliphatic rings. The number of likely N-dealkylation sites (N-methyl/N-ethyl adjacent to an activating group) is 1. The lowest BCUT2D eigenvalue weighted by atomic mass is 10.2. The first kappa shape index (κ1) is 15.4. The van der Waals surface area contributed by atoms with E-state index in [4.69, 9.17) is 0 Å². The SMILES string of the molecule is CCNC(=O)CN1CCN(C(=O)c2ccnc(F)c2)CC1. The van der Waals surface area contributed by atoms with Crippen molar-refractivity contribution in [2.24, 2.45) is 0 Å². The quantitative estimate of drug-likeness (QED) is 0.801. The number of carbonyl (C=O) groups is 2. The van der Waals surface area contributed by atoms with E-state index in [0.29, 0.717) is 44.8 Å². The average molecular weight is 294 g/mol. The number of halogens is 1. The second kappa shape index (κ2) is 7.12. The average Bonchev–Trinajstić information content (AvgIpc) is 2.47. The lowest BCUT2D eigenvalue weighted by Crippen LogP contribution is -2.51. The van der Waals surface area contributed by atoms with Gasteiger partial charge in [0, 0.05) is 50.6 Å². The van der Waals surface area contributed by atoms with E-state index in [0.717, 1.165) is 6.07 Å². The molecule has 0 radical (unpaired) electrons. The third-order valence-electron chi connectivity index (χ3n) is 3.37. The molecule has 1 N–H and O–H groups in total. The summed E-state index contributed by atoms with van der Waals surface area (Å²) >= 11 is 0. The second-order valence-electron chi connectivity index (χ2n) is 4.89. The number of nitrogens with one attached hydrogen (secondary N) is 1. The predicted molar refractivity (Wildman–Crippen MR) is 75.2 cm³/mol. The summed E-state index contributed by atoms with van der Waals surface area (Å²) in [6, 6.07) is 2.65. The maximum Gasteiger partial charge on any atom is 0.254 e. The molecule has 0 saturated carbocycles. The van der Waals surface area contributed by atoms with Gasteiger partial charge >= 0.3 is 0 Å². The Morgan fingerprint density at radius 1 is 1.33 bits per heavy atom. The molecule has 7 heteroatoms. The number of nitrogens with zero attached hydrogens (tertiary/aromatic N) is 3. The van der Waals surface area contributed by atoms with Gasteiger partial charge in [0.2, 0.25) is 11.9 Å². The molecular formula is C14H19FN4O2. The van der Waals surface area contributed by atoms with Gasteiger partial charge in [-0.25, -0.2) is 4.98 Å². The van der Waals surface area contributed by atoms with E-state index < -0.39 is 5.95 Å². The van der Waals surface area contributed by atoms with Crippen LogP contribution in [0.1, 0.15) is 17.3 Å². The number of aromatic nitrogens is 1. The molecule has 0 spiro atoms. The smallest absolute Gasteiger partial charge is 0.254 e. The minimum atomic E-state index is -0.657. The van der Waals surface area contributed by atoms with Crippen molar-refractivity contribution in [2.75, 3.05) is 39.3 Å². The molecule has 0 unspecified atom stereocenters. The van der Waals surface area contributed by atoms with Gasteiger partial charge in [0.25, 0.3) is 5.91 Å². The van der Waals surface area contributed by atoms with E-state index in [1.165, 1.54) is 12.3 Å². The third-order valence-corrected chi connectivity index (χ3v) is 3.37. The molecule has 0 atom stereocenters. The van der Waals surface area contributed by atoms with Crippen LogP contribution in [0.5, 0.6) is 0 Å². The number of carbonyl (C=O) groups excluding carboxylic acids is 2. The molecule has 0 bridgehead atoms. The summed E-state index contributed by atoms with van der Waals surface area (Å²) in [5, 5.41) is 2.75. The Hall–Kier alpha value is -2.02. The molecule has 2 rings (SSSR count). The fourth-order valence-electron chi connectivity index (χ4n) is 2.28. The van der Waals surface area contributed by atoms with Crippen LogP contribution in [0.3, 0.4) is 0 Å². The first-order chi connectivity index (χ1) is 10.1. The zero-order valence-electron chi connectivity index (χ0n) is 12.0. The Kier molecular flexibility index (Phi) is 5.21. The van der Waals surface area contributed by atoms with Crippen molar-refractivity contribution < 1.29 is 14.0 Å². The molecule has 0 aliphatic carbocycles. The summed E-state index contributed by atoms with van der Waals surface area (Å²) in [4.78, 5) is 30.8.